The summed E-state index contributed by atoms with van der Waals surface area (Å²) in [6.45, 7) is 1.09. The molecule has 3 aromatic rings. The number of anilines is 1. The van der Waals surface area contributed by atoms with E-state index in [1.54, 1.807) is 23.5 Å². The van der Waals surface area contributed by atoms with Gasteiger partial charge in [-0.05, 0) is 47.2 Å². The summed E-state index contributed by atoms with van der Waals surface area (Å²) >= 11 is 1.78. The molecule has 2 aromatic carbocycles. The van der Waals surface area contributed by atoms with Crippen molar-refractivity contribution >= 4 is 22.9 Å². The lowest BCUT2D eigenvalue weighted by atomic mass is 9.93. The number of hydrogen-bond acceptors (Lipinski definition) is 3. The Kier molecular flexibility index (Phi) is 4.82. The number of nitrogens with zero attached hydrogens (tertiary/aromatic N) is 1. The van der Waals surface area contributed by atoms with Gasteiger partial charge in [-0.3, -0.25) is 9.69 Å². The van der Waals surface area contributed by atoms with Gasteiger partial charge in [-0.25, -0.2) is 4.39 Å². The molecule has 0 spiro atoms. The molecular weight excluding hydrogens is 347 g/mol. The molecule has 5 heteroatoms. The molecule has 1 atom stereocenters. The van der Waals surface area contributed by atoms with E-state index in [4.69, 9.17) is 0 Å². The Labute approximate surface area is 156 Å². The third-order valence-corrected chi connectivity index (χ3v) is 5.63. The van der Waals surface area contributed by atoms with E-state index in [1.807, 2.05) is 18.2 Å². The van der Waals surface area contributed by atoms with E-state index in [2.05, 4.69) is 33.8 Å². The predicted octanol–water partition coefficient (Wildman–Crippen LogP) is 4.47. The van der Waals surface area contributed by atoms with Crippen LogP contribution in [0.5, 0.6) is 0 Å². The topological polar surface area (TPSA) is 32.3 Å². The molecule has 1 N–H and O–H groups in total. The third kappa shape index (κ3) is 3.54. The number of rotatable bonds is 4. The minimum Gasteiger partial charge on any atom is -0.325 e. The van der Waals surface area contributed by atoms with Gasteiger partial charge in [-0.1, -0.05) is 36.4 Å². The van der Waals surface area contributed by atoms with Crippen LogP contribution in [0.1, 0.15) is 22.0 Å². The van der Waals surface area contributed by atoms with Crippen molar-refractivity contribution in [2.75, 3.05) is 18.4 Å². The fourth-order valence-corrected chi connectivity index (χ4v) is 4.42. The van der Waals surface area contributed by atoms with Gasteiger partial charge >= 0.3 is 0 Å². The first-order valence-corrected chi connectivity index (χ1v) is 9.49. The van der Waals surface area contributed by atoms with Crippen LogP contribution < -0.4 is 5.32 Å². The van der Waals surface area contributed by atoms with E-state index < -0.39 is 0 Å². The van der Waals surface area contributed by atoms with Crippen molar-refractivity contribution < 1.29 is 9.18 Å². The monoisotopic (exact) mass is 366 g/mol. The van der Waals surface area contributed by atoms with Crippen molar-refractivity contribution in [2.24, 2.45) is 0 Å². The molecule has 1 aliphatic rings. The second-order valence-electron chi connectivity index (χ2n) is 6.39. The number of fused-ring (bicyclic) bond motifs is 1. The molecule has 1 unspecified atom stereocenters. The summed E-state index contributed by atoms with van der Waals surface area (Å²) in [7, 11) is 0. The number of benzene rings is 2. The zero-order valence-corrected chi connectivity index (χ0v) is 15.0. The van der Waals surface area contributed by atoms with Crippen LogP contribution >= 0.6 is 11.3 Å². The van der Waals surface area contributed by atoms with Gasteiger partial charge in [0.25, 0.3) is 0 Å². The Morgan fingerprint density at radius 2 is 2.00 bits per heavy atom. The first-order chi connectivity index (χ1) is 12.7. The molecule has 0 radical (unpaired) electrons. The lowest BCUT2D eigenvalue weighted by Gasteiger charge is -2.35. The van der Waals surface area contributed by atoms with Gasteiger partial charge in [0.2, 0.25) is 5.91 Å². The van der Waals surface area contributed by atoms with Crippen LogP contribution in [-0.4, -0.2) is 23.9 Å². The van der Waals surface area contributed by atoms with Crippen LogP contribution in [-0.2, 0) is 11.2 Å². The maximum atomic E-state index is 13.3. The van der Waals surface area contributed by atoms with Crippen molar-refractivity contribution in [3.63, 3.8) is 0 Å². The standard InChI is InChI=1S/C21H19FN2OS/c22-16-7-4-8-17(13-16)23-20(25)14-24-11-9-19-18(10-12-26-19)21(24)15-5-2-1-3-6-15/h1-8,10,12-13,21H,9,11,14H2,(H,23,25). The molecule has 0 aliphatic carbocycles. The lowest BCUT2D eigenvalue weighted by Crippen LogP contribution is -2.40. The quantitative estimate of drug-likeness (QED) is 0.739. The normalized spacial score (nSPS) is 16.9. The van der Waals surface area contributed by atoms with Crippen LogP contribution in [0.15, 0.2) is 66.0 Å². The summed E-state index contributed by atoms with van der Waals surface area (Å²) in [5.41, 5.74) is 2.95. The molecule has 3 nitrogen and oxygen atoms in total. The Balaban J connectivity index is 1.56. The molecule has 0 fully saturated rings. The van der Waals surface area contributed by atoms with Crippen molar-refractivity contribution in [3.05, 3.63) is 87.9 Å². The molecule has 0 saturated heterocycles. The minimum atomic E-state index is -0.356. The maximum absolute atomic E-state index is 13.3. The highest BCUT2D eigenvalue weighted by atomic mass is 32.1. The summed E-state index contributed by atoms with van der Waals surface area (Å²) in [6.07, 6.45) is 0.948. The summed E-state index contributed by atoms with van der Waals surface area (Å²) in [4.78, 5) is 16.1. The van der Waals surface area contributed by atoms with Crippen molar-refractivity contribution in [1.29, 1.82) is 0 Å². The van der Waals surface area contributed by atoms with Gasteiger partial charge in [0.05, 0.1) is 12.6 Å². The third-order valence-electron chi connectivity index (χ3n) is 4.64. The van der Waals surface area contributed by atoms with E-state index in [1.165, 1.54) is 28.1 Å². The Hall–Kier alpha value is -2.50. The highest BCUT2D eigenvalue weighted by molar-refractivity contribution is 7.10. The van der Waals surface area contributed by atoms with Gasteiger partial charge in [-0.2, -0.15) is 0 Å². The van der Waals surface area contributed by atoms with Crippen molar-refractivity contribution in [1.82, 2.24) is 4.90 Å². The zero-order valence-electron chi connectivity index (χ0n) is 14.2. The average molecular weight is 366 g/mol. The van der Waals surface area contributed by atoms with Gasteiger partial charge in [-0.15, -0.1) is 11.3 Å². The maximum Gasteiger partial charge on any atom is 0.238 e. The Bertz CT molecular complexity index is 909. The van der Waals surface area contributed by atoms with Crippen LogP contribution in [0.4, 0.5) is 10.1 Å². The molecule has 132 valence electrons. The van der Waals surface area contributed by atoms with E-state index in [-0.39, 0.29) is 24.3 Å². The lowest BCUT2D eigenvalue weighted by molar-refractivity contribution is -0.117. The first-order valence-electron chi connectivity index (χ1n) is 8.61. The largest absolute Gasteiger partial charge is 0.325 e. The number of hydrogen-bond donors (Lipinski definition) is 1. The number of amides is 1. The fourth-order valence-electron chi connectivity index (χ4n) is 3.52. The van der Waals surface area contributed by atoms with Crippen molar-refractivity contribution in [2.45, 2.75) is 12.5 Å². The van der Waals surface area contributed by atoms with E-state index in [9.17, 15) is 9.18 Å². The zero-order chi connectivity index (χ0) is 17.9. The molecule has 26 heavy (non-hydrogen) atoms. The summed E-state index contributed by atoms with van der Waals surface area (Å²) in [5.74, 6) is -0.485. The van der Waals surface area contributed by atoms with E-state index >= 15 is 0 Å². The van der Waals surface area contributed by atoms with E-state index in [0.29, 0.717) is 5.69 Å². The number of nitrogens with one attached hydrogen (secondary N) is 1. The van der Waals surface area contributed by atoms with Crippen LogP contribution in [0.25, 0.3) is 0 Å². The number of halogens is 1. The van der Waals surface area contributed by atoms with Gasteiger partial charge in [0, 0.05) is 17.1 Å². The highest BCUT2D eigenvalue weighted by Crippen LogP contribution is 2.37. The average Bonchev–Trinajstić information content (AvgIpc) is 3.11. The van der Waals surface area contributed by atoms with Crippen LogP contribution in [0, 0.1) is 5.82 Å². The molecular formula is C21H19FN2OS. The highest BCUT2D eigenvalue weighted by Gasteiger charge is 2.30. The SMILES string of the molecule is O=C(CN1CCc2sccc2C1c1ccccc1)Nc1cccc(F)c1. The van der Waals surface area contributed by atoms with Gasteiger partial charge in [0.1, 0.15) is 5.82 Å². The summed E-state index contributed by atoms with van der Waals surface area (Å²) in [5, 5.41) is 4.92. The van der Waals surface area contributed by atoms with Crippen molar-refractivity contribution in [3.8, 4) is 0 Å². The summed E-state index contributed by atoms with van der Waals surface area (Å²) < 4.78 is 13.3. The second kappa shape index (κ2) is 7.40. The Morgan fingerprint density at radius 3 is 2.81 bits per heavy atom. The molecule has 0 saturated carbocycles. The van der Waals surface area contributed by atoms with Gasteiger partial charge in [0.15, 0.2) is 0 Å². The first kappa shape index (κ1) is 16.9. The number of thiophene rings is 1. The Morgan fingerprint density at radius 1 is 1.15 bits per heavy atom. The molecule has 0 bridgehead atoms. The smallest absolute Gasteiger partial charge is 0.238 e. The van der Waals surface area contributed by atoms with Crippen LogP contribution in [0.3, 0.4) is 0 Å². The second-order valence-corrected chi connectivity index (χ2v) is 7.39. The molecule has 2 heterocycles. The fraction of sp³-hybridized carbons (Fsp3) is 0.190. The molecule has 1 aromatic heterocycles. The molecule has 1 aliphatic heterocycles. The molecule has 1 amide bonds. The predicted molar refractivity (Wildman–Crippen MR) is 103 cm³/mol. The number of carbonyl (C=O) groups excluding carboxylic acids is 1. The van der Waals surface area contributed by atoms with E-state index in [0.717, 1.165) is 13.0 Å². The van der Waals surface area contributed by atoms with Crippen LogP contribution in [0.2, 0.25) is 0 Å². The molecule has 4 rings (SSSR count). The number of carbonyl (C=O) groups is 1. The summed E-state index contributed by atoms with van der Waals surface area (Å²) in [6, 6.07) is 18.5. The minimum absolute atomic E-state index is 0.0736. The van der Waals surface area contributed by atoms with Gasteiger partial charge < -0.3 is 5.32 Å².